The molecule has 5 nitrogen and oxygen atoms in total. The summed E-state index contributed by atoms with van der Waals surface area (Å²) in [6.45, 7) is 0.615. The number of ether oxygens (including phenoxy) is 1. The summed E-state index contributed by atoms with van der Waals surface area (Å²) in [6, 6.07) is 5.42. The van der Waals surface area contributed by atoms with Gasteiger partial charge in [-0.05, 0) is 49.4 Å². The van der Waals surface area contributed by atoms with Crippen LogP contribution in [0.3, 0.4) is 0 Å². The van der Waals surface area contributed by atoms with E-state index in [0.29, 0.717) is 12.5 Å². The highest BCUT2D eigenvalue weighted by molar-refractivity contribution is 7.89. The summed E-state index contributed by atoms with van der Waals surface area (Å²) in [6.07, 6.45) is 3.00. The molecular formula is C13H17NO4S. The molecule has 1 aromatic rings. The Morgan fingerprint density at radius 3 is 2.47 bits per heavy atom. The fraction of sp³-hybridized carbons (Fsp3) is 0.538. The molecule has 2 aliphatic rings. The lowest BCUT2D eigenvalue weighted by molar-refractivity contribution is 0.0848. The second kappa shape index (κ2) is 4.77. The maximum Gasteiger partial charge on any atom is 0.240 e. The van der Waals surface area contributed by atoms with Crippen molar-refractivity contribution in [2.45, 2.75) is 36.3 Å². The van der Waals surface area contributed by atoms with Gasteiger partial charge >= 0.3 is 0 Å². The fourth-order valence-corrected chi connectivity index (χ4v) is 3.80. The Balaban J connectivity index is 1.75. The standard InChI is InChI=1S/C13H17NO4S/c15-10-3-5-11(6-4-10)19(16,17)14-12-7-8-18-13(12)9-1-2-9/h3-6,9,12-15H,1-2,7-8H2. The van der Waals surface area contributed by atoms with Crippen LogP contribution in [0.15, 0.2) is 29.2 Å². The Morgan fingerprint density at radius 2 is 1.84 bits per heavy atom. The molecule has 1 aromatic carbocycles. The summed E-state index contributed by atoms with van der Waals surface area (Å²) in [5.74, 6) is 0.564. The van der Waals surface area contributed by atoms with Gasteiger partial charge in [-0.2, -0.15) is 0 Å². The molecule has 0 radical (unpaired) electrons. The van der Waals surface area contributed by atoms with Crippen LogP contribution in [0.1, 0.15) is 19.3 Å². The van der Waals surface area contributed by atoms with Crippen LogP contribution < -0.4 is 4.72 Å². The van der Waals surface area contributed by atoms with Crippen molar-refractivity contribution in [1.29, 1.82) is 0 Å². The molecule has 19 heavy (non-hydrogen) atoms. The van der Waals surface area contributed by atoms with Crippen LogP contribution in [-0.4, -0.2) is 32.3 Å². The molecule has 2 fully saturated rings. The van der Waals surface area contributed by atoms with E-state index in [1.165, 1.54) is 24.3 Å². The maximum atomic E-state index is 12.2. The van der Waals surface area contributed by atoms with Crippen molar-refractivity contribution in [3.05, 3.63) is 24.3 Å². The molecule has 104 valence electrons. The van der Waals surface area contributed by atoms with E-state index < -0.39 is 10.0 Å². The van der Waals surface area contributed by atoms with Gasteiger partial charge in [0, 0.05) is 6.61 Å². The molecule has 0 aromatic heterocycles. The highest BCUT2D eigenvalue weighted by atomic mass is 32.2. The zero-order valence-electron chi connectivity index (χ0n) is 10.5. The summed E-state index contributed by atoms with van der Waals surface area (Å²) in [5.41, 5.74) is 0. The van der Waals surface area contributed by atoms with Crippen molar-refractivity contribution in [3.63, 3.8) is 0 Å². The van der Waals surface area contributed by atoms with Crippen molar-refractivity contribution >= 4 is 10.0 Å². The van der Waals surface area contributed by atoms with E-state index in [1.54, 1.807) is 0 Å². The summed E-state index contributed by atoms with van der Waals surface area (Å²) < 4.78 is 32.8. The number of phenolic OH excluding ortho intramolecular Hbond substituents is 1. The lowest BCUT2D eigenvalue weighted by Gasteiger charge is -2.19. The molecule has 1 aliphatic carbocycles. The number of rotatable bonds is 4. The van der Waals surface area contributed by atoms with Gasteiger partial charge in [0.25, 0.3) is 0 Å². The normalized spacial score (nSPS) is 27.6. The summed E-state index contributed by atoms with van der Waals surface area (Å²) in [5, 5.41) is 9.19. The minimum atomic E-state index is -3.54. The third kappa shape index (κ3) is 2.75. The van der Waals surface area contributed by atoms with Gasteiger partial charge in [0.15, 0.2) is 0 Å². The topological polar surface area (TPSA) is 75.6 Å². The largest absolute Gasteiger partial charge is 0.508 e. The van der Waals surface area contributed by atoms with Gasteiger partial charge in [-0.15, -0.1) is 0 Å². The van der Waals surface area contributed by atoms with Crippen molar-refractivity contribution in [2.24, 2.45) is 5.92 Å². The maximum absolute atomic E-state index is 12.2. The molecule has 1 saturated carbocycles. The average Bonchev–Trinajstić information content (AvgIpc) is 3.11. The number of hydrogen-bond donors (Lipinski definition) is 2. The third-order valence-electron chi connectivity index (χ3n) is 3.68. The molecular weight excluding hydrogens is 266 g/mol. The molecule has 3 rings (SSSR count). The van der Waals surface area contributed by atoms with E-state index in [1.807, 2.05) is 0 Å². The van der Waals surface area contributed by atoms with Crippen LogP contribution >= 0.6 is 0 Å². The predicted octanol–water partition coefficient (Wildman–Crippen LogP) is 1.24. The molecule has 6 heteroatoms. The number of benzene rings is 1. The molecule has 2 unspecified atom stereocenters. The van der Waals surface area contributed by atoms with E-state index in [9.17, 15) is 13.5 Å². The second-order valence-electron chi connectivity index (χ2n) is 5.18. The molecule has 2 atom stereocenters. The zero-order chi connectivity index (χ0) is 13.5. The van der Waals surface area contributed by atoms with Crippen LogP contribution in [0.2, 0.25) is 0 Å². The summed E-state index contributed by atoms with van der Waals surface area (Å²) in [7, 11) is -3.54. The van der Waals surface area contributed by atoms with Gasteiger partial charge < -0.3 is 9.84 Å². The minimum absolute atomic E-state index is 0.0203. The monoisotopic (exact) mass is 283 g/mol. The van der Waals surface area contributed by atoms with Crippen molar-refractivity contribution < 1.29 is 18.3 Å². The molecule has 1 saturated heterocycles. The van der Waals surface area contributed by atoms with Crippen molar-refractivity contribution in [3.8, 4) is 5.75 Å². The van der Waals surface area contributed by atoms with Gasteiger partial charge in [0.1, 0.15) is 5.75 Å². The third-order valence-corrected chi connectivity index (χ3v) is 5.18. The van der Waals surface area contributed by atoms with Gasteiger partial charge in [-0.25, -0.2) is 13.1 Å². The molecule has 0 bridgehead atoms. The first-order valence-electron chi connectivity index (χ1n) is 6.49. The second-order valence-corrected chi connectivity index (χ2v) is 6.90. The van der Waals surface area contributed by atoms with E-state index in [-0.39, 0.29) is 22.8 Å². The highest BCUT2D eigenvalue weighted by Crippen LogP contribution is 2.39. The van der Waals surface area contributed by atoms with E-state index in [0.717, 1.165) is 19.3 Å². The van der Waals surface area contributed by atoms with Crippen molar-refractivity contribution in [2.75, 3.05) is 6.61 Å². The predicted molar refractivity (Wildman–Crippen MR) is 69.3 cm³/mol. The Bertz CT molecular complexity index is 551. The van der Waals surface area contributed by atoms with Crippen LogP contribution in [0.25, 0.3) is 0 Å². The van der Waals surface area contributed by atoms with E-state index in [4.69, 9.17) is 4.74 Å². The quantitative estimate of drug-likeness (QED) is 0.871. The first-order valence-corrected chi connectivity index (χ1v) is 7.97. The Labute approximate surface area is 112 Å². The number of hydrogen-bond acceptors (Lipinski definition) is 4. The van der Waals surface area contributed by atoms with Crippen LogP contribution in [0.4, 0.5) is 0 Å². The minimum Gasteiger partial charge on any atom is -0.508 e. The number of nitrogens with one attached hydrogen (secondary N) is 1. The van der Waals surface area contributed by atoms with Gasteiger partial charge in [0.2, 0.25) is 10.0 Å². The van der Waals surface area contributed by atoms with Gasteiger partial charge in [-0.1, -0.05) is 0 Å². The lowest BCUT2D eigenvalue weighted by atomic mass is 10.1. The van der Waals surface area contributed by atoms with E-state index in [2.05, 4.69) is 4.72 Å². The number of aromatic hydroxyl groups is 1. The van der Waals surface area contributed by atoms with Crippen LogP contribution in [-0.2, 0) is 14.8 Å². The fourth-order valence-electron chi connectivity index (χ4n) is 2.52. The Morgan fingerprint density at radius 1 is 1.16 bits per heavy atom. The molecule has 1 aliphatic heterocycles. The highest BCUT2D eigenvalue weighted by Gasteiger charge is 2.42. The molecule has 0 spiro atoms. The van der Waals surface area contributed by atoms with Crippen LogP contribution in [0, 0.1) is 5.92 Å². The van der Waals surface area contributed by atoms with E-state index >= 15 is 0 Å². The molecule has 2 N–H and O–H groups in total. The molecule has 1 heterocycles. The lowest BCUT2D eigenvalue weighted by Crippen LogP contribution is -2.41. The number of sulfonamides is 1. The van der Waals surface area contributed by atoms with Gasteiger partial charge in [0.05, 0.1) is 17.0 Å². The summed E-state index contributed by atoms with van der Waals surface area (Å²) >= 11 is 0. The number of phenols is 1. The van der Waals surface area contributed by atoms with Gasteiger partial charge in [-0.3, -0.25) is 0 Å². The first-order chi connectivity index (χ1) is 9.06. The van der Waals surface area contributed by atoms with Crippen molar-refractivity contribution in [1.82, 2.24) is 4.72 Å². The summed E-state index contributed by atoms with van der Waals surface area (Å²) in [4.78, 5) is 0.173. The Kier molecular flexibility index (Phi) is 3.24. The molecule has 0 amide bonds. The zero-order valence-corrected chi connectivity index (χ0v) is 11.3. The Hall–Kier alpha value is -1.11. The first kappa shape index (κ1) is 12.9. The van der Waals surface area contributed by atoms with Crippen LogP contribution in [0.5, 0.6) is 5.75 Å². The smallest absolute Gasteiger partial charge is 0.240 e. The average molecular weight is 283 g/mol. The SMILES string of the molecule is O=S(=O)(NC1CCOC1C1CC1)c1ccc(O)cc1.